The summed E-state index contributed by atoms with van der Waals surface area (Å²) in [5, 5.41) is 2.92. The van der Waals surface area contributed by atoms with Gasteiger partial charge in [-0.2, -0.15) is 0 Å². The van der Waals surface area contributed by atoms with Crippen molar-refractivity contribution in [3.8, 4) is 0 Å². The Morgan fingerprint density at radius 2 is 0.579 bits per heavy atom. The van der Waals surface area contributed by atoms with E-state index in [1.54, 1.807) is 29.6 Å². The first-order valence-electron chi connectivity index (χ1n) is 53.3. The van der Waals surface area contributed by atoms with E-state index in [1.165, 1.54) is 24.7 Å². The molecule has 16 N–H and O–H groups in total. The van der Waals surface area contributed by atoms with Crippen molar-refractivity contribution in [3.05, 3.63) is 0 Å². The van der Waals surface area contributed by atoms with Gasteiger partial charge in [0.15, 0.2) is 0 Å². The summed E-state index contributed by atoms with van der Waals surface area (Å²) in [5.74, 6) is -4.55. The fourth-order valence-corrected chi connectivity index (χ4v) is 21.6. The summed E-state index contributed by atoms with van der Waals surface area (Å²) in [6.45, 7) is 28.7. The number of hydrogen-bond acceptors (Lipinski definition) is 29. The third-order valence-corrected chi connectivity index (χ3v) is 29.1. The summed E-state index contributed by atoms with van der Waals surface area (Å²) in [6, 6.07) is -3.22. The van der Waals surface area contributed by atoms with Gasteiger partial charge >= 0.3 is 11.9 Å². The summed E-state index contributed by atoms with van der Waals surface area (Å²) in [5.41, 5.74) is 45.0. The number of rotatable bonds is 56. The van der Waals surface area contributed by atoms with E-state index < -0.39 is 88.5 Å². The first-order valence-corrected chi connectivity index (χ1v) is 54.9. The van der Waals surface area contributed by atoms with Crippen LogP contribution in [-0.2, 0) is 91.6 Å². The maximum absolute atomic E-state index is 13.7. The van der Waals surface area contributed by atoms with Crippen molar-refractivity contribution in [3.63, 3.8) is 0 Å². The van der Waals surface area contributed by atoms with Crippen molar-refractivity contribution in [1.82, 2.24) is 58.5 Å². The summed E-state index contributed by atoms with van der Waals surface area (Å²) >= 11 is 0. The van der Waals surface area contributed by atoms with Gasteiger partial charge < -0.3 is 84.9 Å². The molecule has 0 aromatic heterocycles. The van der Waals surface area contributed by atoms with Gasteiger partial charge in [-0.15, -0.1) is 10.1 Å². The van der Waals surface area contributed by atoms with Gasteiger partial charge in [0.25, 0.3) is 23.6 Å². The molecule has 0 radical (unpaired) electrons. The predicted octanol–water partition coefficient (Wildman–Crippen LogP) is 6.99. The van der Waals surface area contributed by atoms with Crippen LogP contribution in [-0.4, -0.2) is 315 Å². The molecule has 40 heteroatoms. The van der Waals surface area contributed by atoms with Gasteiger partial charge in [0.05, 0.1) is 62.0 Å². The number of sulfonamides is 1. The Morgan fingerprint density at radius 3 is 0.964 bits per heavy atom. The lowest BCUT2D eigenvalue weighted by Gasteiger charge is -2.54. The smallest absolute Gasteiger partial charge is 0.326 e. The van der Waals surface area contributed by atoms with Crippen molar-refractivity contribution >= 4 is 98.8 Å². The van der Waals surface area contributed by atoms with Crippen LogP contribution in [0.4, 0.5) is 0 Å². The van der Waals surface area contributed by atoms with Crippen LogP contribution in [0.2, 0.25) is 0 Å². The highest BCUT2D eigenvalue weighted by Gasteiger charge is 2.58. The Kier molecular flexibility index (Phi) is 56.2. The third kappa shape index (κ3) is 36.4. The summed E-state index contributed by atoms with van der Waals surface area (Å²) in [7, 11) is -3.90. The zero-order valence-corrected chi connectivity index (χ0v) is 88.0. The van der Waals surface area contributed by atoms with Crippen LogP contribution in [0.15, 0.2) is 0 Å². The van der Waals surface area contributed by atoms with E-state index in [2.05, 4.69) is 48.5 Å². The molecule has 0 aromatic carbocycles. The van der Waals surface area contributed by atoms with Crippen LogP contribution in [0.25, 0.3) is 0 Å². The molecule has 0 spiro atoms. The number of hydrogen-bond donors (Lipinski definition) is 8. The summed E-state index contributed by atoms with van der Waals surface area (Å²) in [4.78, 5) is 225. The van der Waals surface area contributed by atoms with Crippen LogP contribution in [0.3, 0.4) is 0 Å². The highest BCUT2D eigenvalue weighted by atomic mass is 32.2. The number of amides is 13. The van der Waals surface area contributed by atoms with Crippen molar-refractivity contribution in [2.75, 3.05) is 110 Å². The fraction of sp³-hybridized carbons (Fsp3) is 0.850. The summed E-state index contributed by atoms with van der Waals surface area (Å²) in [6.07, 6.45) is 21.9. The largest absolute Gasteiger partial charge is 0.366 e. The molecule has 12 atom stereocenters. The van der Waals surface area contributed by atoms with Crippen LogP contribution < -0.4 is 45.9 Å². The molecule has 3 unspecified atom stereocenters. The molecule has 8 rings (SSSR count). The standard InChI is InChI=1S/C26H47N5O5.2C26H47N5O4.C22H41N5O6S/c1-4-5-6-12-23(32)29-18-22-30(36-24(33)13-8-10-15-28)17-20(11-7-9-14-27)25(34)31(22)21(26(29)35)16-19(2)3;2*1-4-5-6-12-24(33)30-18-22-29(23(32)13-8-10-15-28)17-20(16-19(2)3)25(34)31(22)21(26(30)35)11-7-9-14-27;1-4-5-6-12-34(31,32)26-15-19-25(33-20(28)9-11-24)14-17(13-16(2)3)21(29)27(19)18(22(26)30)8-7-10-23/h19-22H,4-18,27-28H2,1-3H3;2*19-22H,4-18,27-28H2,1-3H3;16-19H,4-15,23-24H2,1-3H3/t20-,21-,22-;20-,21+,22+;20-,21-,22-;/m101./s1. The van der Waals surface area contributed by atoms with Gasteiger partial charge in [0.2, 0.25) is 63.2 Å². The Labute approximate surface area is 835 Å². The predicted molar refractivity (Wildman–Crippen MR) is 535 cm³/mol. The molecule has 39 nitrogen and oxygen atoms in total. The van der Waals surface area contributed by atoms with Gasteiger partial charge in [-0.3, -0.25) is 86.6 Å². The van der Waals surface area contributed by atoms with Gasteiger partial charge in [0, 0.05) is 71.2 Å². The van der Waals surface area contributed by atoms with E-state index >= 15 is 0 Å². The highest BCUT2D eigenvalue weighted by molar-refractivity contribution is 7.89. The molecule has 140 heavy (non-hydrogen) atoms. The first kappa shape index (κ1) is 123. The molecule has 8 saturated heterocycles. The minimum absolute atomic E-state index is 0.00965. The first-order chi connectivity index (χ1) is 66.8. The lowest BCUT2D eigenvalue weighted by Crippen LogP contribution is -2.73. The van der Waals surface area contributed by atoms with E-state index in [1.807, 2.05) is 34.6 Å². The Morgan fingerprint density at radius 1 is 0.286 bits per heavy atom. The molecular weight excluding hydrogens is 1820 g/mol. The zero-order chi connectivity index (χ0) is 104. The van der Waals surface area contributed by atoms with Gasteiger partial charge in [-0.25, -0.2) is 12.7 Å². The van der Waals surface area contributed by atoms with E-state index in [0.717, 1.165) is 113 Å². The number of piperazine rings is 4. The summed E-state index contributed by atoms with van der Waals surface area (Å²) < 4.78 is 27.1. The highest BCUT2D eigenvalue weighted by Crippen LogP contribution is 2.40. The molecule has 8 fully saturated rings. The van der Waals surface area contributed by atoms with Gasteiger partial charge in [-0.1, -0.05) is 141 Å². The van der Waals surface area contributed by atoms with Crippen LogP contribution in [0, 0.1) is 47.3 Å². The average molecular weight is 2000 g/mol. The molecule has 0 aromatic rings. The maximum Gasteiger partial charge on any atom is 0.326 e. The van der Waals surface area contributed by atoms with Gasteiger partial charge in [-0.05, 0) is 224 Å². The number of carbonyl (C=O) groups is 15. The topological polar surface area (TPSA) is 556 Å². The molecule has 0 saturated carbocycles. The number of unbranched alkanes of at least 4 members (excludes halogenated alkanes) is 14. The molecule has 8 heterocycles. The quantitative estimate of drug-likeness (QED) is 0.0284. The monoisotopic (exact) mass is 2000 g/mol. The molecule has 802 valence electrons. The van der Waals surface area contributed by atoms with Crippen LogP contribution in [0.5, 0.6) is 0 Å². The van der Waals surface area contributed by atoms with Gasteiger partial charge in [0.1, 0.15) is 48.8 Å². The normalized spacial score (nSPS) is 23.0. The minimum Gasteiger partial charge on any atom is -0.366 e. The second-order valence-electron chi connectivity index (χ2n) is 40.8. The molecule has 0 aliphatic carbocycles. The third-order valence-electron chi connectivity index (χ3n) is 27.3. The van der Waals surface area contributed by atoms with Crippen molar-refractivity contribution in [2.24, 2.45) is 93.2 Å². The number of carbonyl (C=O) groups excluding carboxylic acids is 15. The number of nitrogens with zero attached hydrogens (tertiary/aromatic N) is 12. The molecule has 8 aliphatic heterocycles. The van der Waals surface area contributed by atoms with Crippen molar-refractivity contribution in [1.29, 1.82) is 0 Å². The lowest BCUT2D eigenvalue weighted by molar-refractivity contribution is -0.248. The zero-order valence-electron chi connectivity index (χ0n) is 87.2. The Balaban J connectivity index is 0.000000329. The van der Waals surface area contributed by atoms with Crippen molar-refractivity contribution in [2.45, 2.75) is 389 Å². The SMILES string of the molecule is CCCCCC(=O)N1C[C@@H]2N(C(=O)CCCCN)C[C@@H](CC(C)C)C(=O)N2[C@H](CCCCN)C1=O.CCCCCC(=O)N1C[C@@H]2N(C(=O)CCCCN)C[C@H](CC(C)C)C(=O)N2[C@H](CCCCN)C1=O.CCCCCC(=O)N1C[C@@H]2N(OC(=O)CCCCN)C[C@@H](CCCCN)C(=O)N2[C@H](CC(C)C)C1=O.CCCCCS(=O)(=O)N1CC2N(OC(=O)CCN)CC(CC(C)C)C(=O)N2C(CCCN)C1=O. The van der Waals surface area contributed by atoms with Crippen LogP contribution in [0.1, 0.15) is 340 Å². The Hall–Kier alpha value is -7.80. The number of imide groups is 3. The van der Waals surface area contributed by atoms with E-state index in [4.69, 9.17) is 55.5 Å². The lowest BCUT2D eigenvalue weighted by atomic mass is 9.89. The number of fused-ring (bicyclic) bond motifs is 4. The second kappa shape index (κ2) is 64.1. The molecule has 8 aliphatic rings. The average Bonchev–Trinajstić information content (AvgIpc) is 0.770. The van der Waals surface area contributed by atoms with E-state index in [0.29, 0.717) is 181 Å². The molecule has 0 bridgehead atoms. The van der Waals surface area contributed by atoms with E-state index in [-0.39, 0.29) is 184 Å². The number of nitrogens with two attached hydrogens (primary N) is 8. The van der Waals surface area contributed by atoms with E-state index in [9.17, 15) is 80.3 Å². The molecular formula is C100H182N20O19S. The van der Waals surface area contributed by atoms with Crippen LogP contribution >= 0.6 is 0 Å². The Bertz CT molecular complexity index is 3900. The number of hydroxylamine groups is 4. The molecule has 13 amide bonds. The fourth-order valence-electron chi connectivity index (χ4n) is 20.1. The minimum atomic E-state index is -3.90. The van der Waals surface area contributed by atoms with Crippen molar-refractivity contribution < 1.29 is 90.0 Å². The maximum atomic E-state index is 13.7. The second-order valence-corrected chi connectivity index (χ2v) is 42.9.